The molecule has 1 saturated heterocycles. The fourth-order valence-electron chi connectivity index (χ4n) is 2.10. The van der Waals surface area contributed by atoms with Crippen LogP contribution in [0, 0.1) is 0 Å². The third kappa shape index (κ3) is 1.55. The van der Waals surface area contributed by atoms with Crippen molar-refractivity contribution in [1.29, 1.82) is 0 Å². The Bertz CT molecular complexity index is 302. The molecule has 0 aliphatic carbocycles. The highest BCUT2D eigenvalue weighted by atomic mass is 16.5. The number of methoxy groups -OCH3 is 1. The lowest BCUT2D eigenvalue weighted by Crippen LogP contribution is -2.41. The smallest absolute Gasteiger partial charge is 0.0981 e. The molecule has 1 N–H and O–H groups in total. The Balaban J connectivity index is 2.26. The zero-order valence-corrected chi connectivity index (χ0v) is 8.79. The summed E-state index contributed by atoms with van der Waals surface area (Å²) in [7, 11) is 3.73. The van der Waals surface area contributed by atoms with Gasteiger partial charge in [0.05, 0.1) is 11.8 Å². The van der Waals surface area contributed by atoms with Gasteiger partial charge >= 0.3 is 0 Å². The predicted molar refractivity (Wildman–Crippen MR) is 54.0 cm³/mol. The maximum atomic E-state index is 5.68. The van der Waals surface area contributed by atoms with Crippen LogP contribution >= 0.6 is 0 Å². The summed E-state index contributed by atoms with van der Waals surface area (Å²) in [4.78, 5) is 0. The van der Waals surface area contributed by atoms with Crippen LogP contribution in [0.2, 0.25) is 0 Å². The second kappa shape index (κ2) is 3.71. The molecule has 0 amide bonds. The summed E-state index contributed by atoms with van der Waals surface area (Å²) in [6.45, 7) is 2.03. The molecule has 1 aliphatic heterocycles. The lowest BCUT2D eigenvalue weighted by Gasteiger charge is -2.35. The highest BCUT2D eigenvalue weighted by Crippen LogP contribution is 2.33. The molecule has 2 heterocycles. The lowest BCUT2D eigenvalue weighted by atomic mass is 9.87. The monoisotopic (exact) mass is 195 g/mol. The van der Waals surface area contributed by atoms with Gasteiger partial charge in [-0.3, -0.25) is 4.68 Å². The van der Waals surface area contributed by atoms with E-state index in [4.69, 9.17) is 4.74 Å². The van der Waals surface area contributed by atoms with E-state index in [1.807, 2.05) is 17.9 Å². The summed E-state index contributed by atoms with van der Waals surface area (Å²) in [5.74, 6) is 0. The molecule has 1 fully saturated rings. The van der Waals surface area contributed by atoms with Crippen LogP contribution < -0.4 is 5.32 Å². The van der Waals surface area contributed by atoms with E-state index >= 15 is 0 Å². The van der Waals surface area contributed by atoms with Crippen LogP contribution in [-0.4, -0.2) is 30.0 Å². The predicted octanol–water partition coefficient (Wildman–Crippen LogP) is 0.645. The molecule has 78 valence electrons. The SMILES string of the molecule is COC1(c2cnn(C)c2)CCNCC1. The number of ether oxygens (including phenoxy) is 1. The lowest BCUT2D eigenvalue weighted by molar-refractivity contribution is -0.0391. The van der Waals surface area contributed by atoms with Crippen LogP contribution in [0.1, 0.15) is 18.4 Å². The van der Waals surface area contributed by atoms with Gasteiger partial charge in [-0.1, -0.05) is 0 Å². The van der Waals surface area contributed by atoms with E-state index in [0.717, 1.165) is 25.9 Å². The molecule has 0 saturated carbocycles. The van der Waals surface area contributed by atoms with E-state index in [9.17, 15) is 0 Å². The molecule has 14 heavy (non-hydrogen) atoms. The van der Waals surface area contributed by atoms with Crippen molar-refractivity contribution in [2.75, 3.05) is 20.2 Å². The molecule has 0 spiro atoms. The van der Waals surface area contributed by atoms with Gasteiger partial charge in [0.15, 0.2) is 0 Å². The van der Waals surface area contributed by atoms with Crippen molar-refractivity contribution in [2.45, 2.75) is 18.4 Å². The number of piperidine rings is 1. The van der Waals surface area contributed by atoms with Crippen LogP contribution in [0.5, 0.6) is 0 Å². The van der Waals surface area contributed by atoms with Gasteiger partial charge in [-0.05, 0) is 25.9 Å². The Morgan fingerprint density at radius 1 is 1.50 bits per heavy atom. The van der Waals surface area contributed by atoms with E-state index < -0.39 is 0 Å². The summed E-state index contributed by atoms with van der Waals surface area (Å²) >= 11 is 0. The Morgan fingerprint density at radius 2 is 2.21 bits per heavy atom. The Morgan fingerprint density at radius 3 is 2.71 bits per heavy atom. The fourth-order valence-corrected chi connectivity index (χ4v) is 2.10. The number of hydrogen-bond acceptors (Lipinski definition) is 3. The summed E-state index contributed by atoms with van der Waals surface area (Å²) in [5.41, 5.74) is 1.09. The van der Waals surface area contributed by atoms with Crippen LogP contribution in [-0.2, 0) is 17.4 Å². The number of nitrogens with zero attached hydrogens (tertiary/aromatic N) is 2. The van der Waals surface area contributed by atoms with Crippen molar-refractivity contribution < 1.29 is 4.74 Å². The number of nitrogens with one attached hydrogen (secondary N) is 1. The first-order valence-corrected chi connectivity index (χ1v) is 5.02. The van der Waals surface area contributed by atoms with E-state index in [1.165, 1.54) is 5.56 Å². The topological polar surface area (TPSA) is 39.1 Å². The molecule has 1 aliphatic rings. The van der Waals surface area contributed by atoms with Gasteiger partial charge in [-0.15, -0.1) is 0 Å². The maximum absolute atomic E-state index is 5.68. The molecule has 4 nitrogen and oxygen atoms in total. The van der Waals surface area contributed by atoms with Crippen molar-refractivity contribution >= 4 is 0 Å². The molecule has 0 bridgehead atoms. The van der Waals surface area contributed by atoms with Crippen LogP contribution in [0.4, 0.5) is 0 Å². The first kappa shape index (κ1) is 9.68. The van der Waals surface area contributed by atoms with Crippen LogP contribution in [0.25, 0.3) is 0 Å². The molecule has 1 aromatic rings. The molecule has 0 aromatic carbocycles. The van der Waals surface area contributed by atoms with Crippen molar-refractivity contribution in [3.63, 3.8) is 0 Å². The minimum Gasteiger partial charge on any atom is -0.373 e. The molecule has 4 heteroatoms. The molecular formula is C10H17N3O. The van der Waals surface area contributed by atoms with Crippen molar-refractivity contribution in [3.05, 3.63) is 18.0 Å². The highest BCUT2D eigenvalue weighted by Gasteiger charge is 2.34. The van der Waals surface area contributed by atoms with E-state index in [2.05, 4.69) is 16.6 Å². The Labute approximate surface area is 84.3 Å². The van der Waals surface area contributed by atoms with Crippen LogP contribution in [0.3, 0.4) is 0 Å². The van der Waals surface area contributed by atoms with Gasteiger partial charge in [-0.25, -0.2) is 0 Å². The first-order chi connectivity index (χ1) is 6.77. The minimum absolute atomic E-state index is 0.112. The van der Waals surface area contributed by atoms with E-state index in [-0.39, 0.29) is 5.60 Å². The zero-order chi connectivity index (χ0) is 10.0. The standard InChI is InChI=1S/C10H17N3O/c1-13-8-9(7-12-13)10(14-2)3-5-11-6-4-10/h7-8,11H,3-6H2,1-2H3. The molecule has 2 rings (SSSR count). The molecular weight excluding hydrogens is 178 g/mol. The molecule has 0 unspecified atom stereocenters. The van der Waals surface area contributed by atoms with Crippen molar-refractivity contribution in [1.82, 2.24) is 15.1 Å². The average molecular weight is 195 g/mol. The molecule has 1 aromatic heterocycles. The largest absolute Gasteiger partial charge is 0.373 e. The van der Waals surface area contributed by atoms with E-state index in [1.54, 1.807) is 7.11 Å². The number of aromatic nitrogens is 2. The second-order valence-corrected chi connectivity index (χ2v) is 3.85. The third-order valence-electron chi connectivity index (χ3n) is 3.03. The van der Waals surface area contributed by atoms with Gasteiger partial charge in [0.1, 0.15) is 0 Å². The number of rotatable bonds is 2. The van der Waals surface area contributed by atoms with Gasteiger partial charge in [-0.2, -0.15) is 5.10 Å². The van der Waals surface area contributed by atoms with Gasteiger partial charge < -0.3 is 10.1 Å². The highest BCUT2D eigenvalue weighted by molar-refractivity contribution is 5.17. The normalized spacial score (nSPS) is 21.0. The number of aryl methyl sites for hydroxylation is 1. The Hall–Kier alpha value is -0.870. The minimum atomic E-state index is -0.112. The Kier molecular flexibility index (Phi) is 2.56. The summed E-state index contributed by atoms with van der Waals surface area (Å²) in [5, 5.41) is 7.54. The number of hydrogen-bond donors (Lipinski definition) is 1. The average Bonchev–Trinajstić information content (AvgIpc) is 2.66. The first-order valence-electron chi connectivity index (χ1n) is 5.02. The van der Waals surface area contributed by atoms with Gasteiger partial charge in [0, 0.05) is 25.9 Å². The third-order valence-corrected chi connectivity index (χ3v) is 3.03. The van der Waals surface area contributed by atoms with Gasteiger partial charge in [0.2, 0.25) is 0 Å². The summed E-state index contributed by atoms with van der Waals surface area (Å²) in [6, 6.07) is 0. The summed E-state index contributed by atoms with van der Waals surface area (Å²) in [6.07, 6.45) is 6.01. The maximum Gasteiger partial charge on any atom is 0.0981 e. The molecule has 0 radical (unpaired) electrons. The zero-order valence-electron chi connectivity index (χ0n) is 8.79. The van der Waals surface area contributed by atoms with Crippen molar-refractivity contribution in [3.8, 4) is 0 Å². The fraction of sp³-hybridized carbons (Fsp3) is 0.700. The van der Waals surface area contributed by atoms with Gasteiger partial charge in [0.25, 0.3) is 0 Å². The van der Waals surface area contributed by atoms with Crippen molar-refractivity contribution in [2.24, 2.45) is 7.05 Å². The summed E-state index contributed by atoms with van der Waals surface area (Å²) < 4.78 is 7.52. The van der Waals surface area contributed by atoms with Crippen LogP contribution in [0.15, 0.2) is 12.4 Å². The molecule has 0 atom stereocenters. The second-order valence-electron chi connectivity index (χ2n) is 3.85. The quantitative estimate of drug-likeness (QED) is 0.753. The van der Waals surface area contributed by atoms with E-state index in [0.29, 0.717) is 0 Å².